The van der Waals surface area contributed by atoms with Crippen LogP contribution in [0.5, 0.6) is 5.75 Å². The largest absolute Gasteiger partial charge is 0.489 e. The second-order valence-electron chi connectivity index (χ2n) is 6.28. The Hall–Kier alpha value is -3.33. The van der Waals surface area contributed by atoms with Gasteiger partial charge >= 0.3 is 5.97 Å². The molecule has 3 rings (SSSR count). The second kappa shape index (κ2) is 8.86. The van der Waals surface area contributed by atoms with Crippen molar-refractivity contribution in [1.82, 2.24) is 0 Å². The Bertz CT molecular complexity index is 908. The van der Waals surface area contributed by atoms with Crippen LogP contribution in [-0.2, 0) is 4.74 Å². The molecule has 3 aromatic carbocycles. The van der Waals surface area contributed by atoms with E-state index in [4.69, 9.17) is 9.47 Å². The SMILES string of the molecule is COC(=O)c1ccc(C=C(C)COc2ccc(-c3ccccc3)cc2)cc1. The van der Waals surface area contributed by atoms with Gasteiger partial charge in [-0.1, -0.05) is 60.7 Å². The summed E-state index contributed by atoms with van der Waals surface area (Å²) >= 11 is 0. The lowest BCUT2D eigenvalue weighted by Gasteiger charge is -2.08. The van der Waals surface area contributed by atoms with E-state index in [-0.39, 0.29) is 5.97 Å². The minimum atomic E-state index is -0.329. The lowest BCUT2D eigenvalue weighted by molar-refractivity contribution is 0.0600. The smallest absolute Gasteiger partial charge is 0.337 e. The summed E-state index contributed by atoms with van der Waals surface area (Å²) in [5.74, 6) is 0.507. The van der Waals surface area contributed by atoms with Crippen molar-refractivity contribution >= 4 is 12.0 Å². The maximum Gasteiger partial charge on any atom is 0.337 e. The molecular formula is C24H22O3. The fourth-order valence-corrected chi connectivity index (χ4v) is 2.73. The van der Waals surface area contributed by atoms with Gasteiger partial charge in [-0.25, -0.2) is 4.79 Å². The van der Waals surface area contributed by atoms with Crippen LogP contribution in [0, 0.1) is 0 Å². The highest BCUT2D eigenvalue weighted by molar-refractivity contribution is 5.89. The fraction of sp³-hybridized carbons (Fsp3) is 0.125. The predicted octanol–water partition coefficient (Wildman–Crippen LogP) is 5.62. The Balaban J connectivity index is 1.59. The van der Waals surface area contributed by atoms with Crippen LogP contribution in [-0.4, -0.2) is 19.7 Å². The number of hydrogen-bond acceptors (Lipinski definition) is 3. The van der Waals surface area contributed by atoms with Gasteiger partial charge in [-0.15, -0.1) is 0 Å². The molecule has 0 fully saturated rings. The summed E-state index contributed by atoms with van der Waals surface area (Å²) in [7, 11) is 1.38. The predicted molar refractivity (Wildman–Crippen MR) is 109 cm³/mol. The normalized spacial score (nSPS) is 11.1. The maximum absolute atomic E-state index is 11.5. The molecule has 0 atom stereocenters. The lowest BCUT2D eigenvalue weighted by atomic mass is 10.1. The Labute approximate surface area is 159 Å². The van der Waals surface area contributed by atoms with E-state index in [1.807, 2.05) is 55.5 Å². The molecule has 0 spiro atoms. The van der Waals surface area contributed by atoms with Crippen LogP contribution < -0.4 is 4.74 Å². The van der Waals surface area contributed by atoms with Gasteiger partial charge in [0.1, 0.15) is 12.4 Å². The first-order valence-electron chi connectivity index (χ1n) is 8.79. The Kier molecular flexibility index (Phi) is 6.06. The Morgan fingerprint density at radius 3 is 2.11 bits per heavy atom. The van der Waals surface area contributed by atoms with Crippen LogP contribution in [0.1, 0.15) is 22.8 Å². The van der Waals surface area contributed by atoms with Gasteiger partial charge in [-0.05, 0) is 53.5 Å². The molecule has 27 heavy (non-hydrogen) atoms. The number of benzene rings is 3. The second-order valence-corrected chi connectivity index (χ2v) is 6.28. The van der Waals surface area contributed by atoms with Crippen molar-refractivity contribution in [3.05, 3.63) is 95.6 Å². The molecule has 0 amide bonds. The molecule has 3 aromatic rings. The molecular weight excluding hydrogens is 336 g/mol. The van der Waals surface area contributed by atoms with Gasteiger partial charge in [-0.2, -0.15) is 0 Å². The van der Waals surface area contributed by atoms with Gasteiger partial charge in [-0.3, -0.25) is 0 Å². The molecule has 0 N–H and O–H groups in total. The summed E-state index contributed by atoms with van der Waals surface area (Å²) in [5.41, 5.74) is 5.01. The van der Waals surface area contributed by atoms with E-state index in [1.165, 1.54) is 18.2 Å². The first kappa shape index (κ1) is 18.5. The standard InChI is InChI=1S/C24H22O3/c1-18(16-19-8-10-22(11-9-19)24(25)26-2)17-27-23-14-12-21(13-15-23)20-6-4-3-5-7-20/h3-16H,17H2,1-2H3. The summed E-state index contributed by atoms with van der Waals surface area (Å²) in [5, 5.41) is 0. The number of hydrogen-bond donors (Lipinski definition) is 0. The van der Waals surface area contributed by atoms with Crippen molar-refractivity contribution in [1.29, 1.82) is 0 Å². The first-order valence-corrected chi connectivity index (χ1v) is 8.79. The molecule has 0 aliphatic rings. The molecule has 0 aliphatic heterocycles. The number of esters is 1. The number of carbonyl (C=O) groups excluding carboxylic acids is 1. The van der Waals surface area contributed by atoms with Gasteiger partial charge in [0.15, 0.2) is 0 Å². The average Bonchev–Trinajstić information content (AvgIpc) is 2.73. The number of rotatable bonds is 6. The minimum Gasteiger partial charge on any atom is -0.489 e. The minimum absolute atomic E-state index is 0.329. The zero-order valence-electron chi connectivity index (χ0n) is 15.5. The zero-order valence-corrected chi connectivity index (χ0v) is 15.5. The number of ether oxygens (including phenoxy) is 2. The summed E-state index contributed by atoms with van der Waals surface area (Å²) in [6.07, 6.45) is 2.04. The third kappa shape index (κ3) is 5.08. The molecule has 0 aromatic heterocycles. The molecule has 0 bridgehead atoms. The van der Waals surface area contributed by atoms with Crippen molar-refractivity contribution in [3.8, 4) is 16.9 Å². The molecule has 136 valence electrons. The van der Waals surface area contributed by atoms with E-state index in [0.29, 0.717) is 12.2 Å². The average molecular weight is 358 g/mol. The molecule has 0 aliphatic carbocycles. The molecule has 0 saturated heterocycles. The topological polar surface area (TPSA) is 35.5 Å². The first-order chi connectivity index (χ1) is 13.2. The molecule has 3 nitrogen and oxygen atoms in total. The summed E-state index contributed by atoms with van der Waals surface area (Å²) in [4.78, 5) is 11.5. The van der Waals surface area contributed by atoms with E-state index < -0.39 is 0 Å². The Morgan fingerprint density at radius 2 is 1.48 bits per heavy atom. The third-order valence-corrected chi connectivity index (χ3v) is 4.17. The van der Waals surface area contributed by atoms with Crippen LogP contribution >= 0.6 is 0 Å². The van der Waals surface area contributed by atoms with E-state index in [2.05, 4.69) is 24.3 Å². The zero-order chi connectivity index (χ0) is 19.1. The van der Waals surface area contributed by atoms with Crippen LogP contribution in [0.3, 0.4) is 0 Å². The van der Waals surface area contributed by atoms with Crippen molar-refractivity contribution in [2.45, 2.75) is 6.92 Å². The van der Waals surface area contributed by atoms with Crippen molar-refractivity contribution in [2.75, 3.05) is 13.7 Å². The molecule has 0 radical (unpaired) electrons. The van der Waals surface area contributed by atoms with Gasteiger partial charge in [0.05, 0.1) is 12.7 Å². The van der Waals surface area contributed by atoms with Crippen LogP contribution in [0.4, 0.5) is 0 Å². The molecule has 0 heterocycles. The van der Waals surface area contributed by atoms with E-state index in [0.717, 1.165) is 16.9 Å². The highest BCUT2D eigenvalue weighted by Crippen LogP contribution is 2.22. The van der Waals surface area contributed by atoms with E-state index >= 15 is 0 Å². The highest BCUT2D eigenvalue weighted by atomic mass is 16.5. The summed E-state index contributed by atoms with van der Waals surface area (Å²) in [6, 6.07) is 25.7. The van der Waals surface area contributed by atoms with Crippen LogP contribution in [0.2, 0.25) is 0 Å². The number of methoxy groups -OCH3 is 1. The lowest BCUT2D eigenvalue weighted by Crippen LogP contribution is -2.00. The van der Waals surface area contributed by atoms with Crippen molar-refractivity contribution in [2.24, 2.45) is 0 Å². The molecule has 0 saturated carbocycles. The van der Waals surface area contributed by atoms with E-state index in [9.17, 15) is 4.79 Å². The van der Waals surface area contributed by atoms with Gasteiger partial charge in [0.25, 0.3) is 0 Å². The van der Waals surface area contributed by atoms with Crippen LogP contribution in [0.25, 0.3) is 17.2 Å². The fourth-order valence-electron chi connectivity index (χ4n) is 2.73. The quantitative estimate of drug-likeness (QED) is 0.536. The Morgan fingerprint density at radius 1 is 0.852 bits per heavy atom. The summed E-state index contributed by atoms with van der Waals surface area (Å²) < 4.78 is 10.6. The van der Waals surface area contributed by atoms with Gasteiger partial charge in [0.2, 0.25) is 0 Å². The molecule has 0 unspecified atom stereocenters. The third-order valence-electron chi connectivity index (χ3n) is 4.17. The highest BCUT2D eigenvalue weighted by Gasteiger charge is 2.04. The maximum atomic E-state index is 11.5. The van der Waals surface area contributed by atoms with Crippen molar-refractivity contribution < 1.29 is 14.3 Å². The molecule has 3 heteroatoms. The van der Waals surface area contributed by atoms with Gasteiger partial charge < -0.3 is 9.47 Å². The number of carbonyl (C=O) groups is 1. The van der Waals surface area contributed by atoms with E-state index in [1.54, 1.807) is 12.1 Å². The van der Waals surface area contributed by atoms with Crippen molar-refractivity contribution in [3.63, 3.8) is 0 Å². The monoisotopic (exact) mass is 358 g/mol. The summed E-state index contributed by atoms with van der Waals surface area (Å²) in [6.45, 7) is 2.52. The van der Waals surface area contributed by atoms with Crippen LogP contribution in [0.15, 0.2) is 84.4 Å². The van der Waals surface area contributed by atoms with Gasteiger partial charge in [0, 0.05) is 0 Å².